The number of carbonyl (C=O) groups is 1. The molecule has 0 spiro atoms. The van der Waals surface area contributed by atoms with Crippen molar-refractivity contribution in [3.63, 3.8) is 0 Å². The highest BCUT2D eigenvalue weighted by atomic mass is 35.5. The van der Waals surface area contributed by atoms with E-state index in [1.54, 1.807) is 6.07 Å². The zero-order valence-corrected chi connectivity index (χ0v) is 14.6. The fraction of sp³-hybridized carbons (Fsp3) is 0.533. The average molecular weight is 352 g/mol. The van der Waals surface area contributed by atoms with Crippen LogP contribution in [0.15, 0.2) is 18.2 Å². The Labute approximate surface area is 142 Å². The van der Waals surface area contributed by atoms with Gasteiger partial charge in [-0.15, -0.1) is 12.4 Å². The summed E-state index contributed by atoms with van der Waals surface area (Å²) in [5.74, 6) is 0.0870. The predicted molar refractivity (Wildman–Crippen MR) is 90.6 cm³/mol. The van der Waals surface area contributed by atoms with Crippen molar-refractivity contribution in [3.05, 3.63) is 33.8 Å². The molecule has 1 aliphatic heterocycles. The summed E-state index contributed by atoms with van der Waals surface area (Å²) >= 11 is 12.1. The number of hydrogen-bond acceptors (Lipinski definition) is 2. The van der Waals surface area contributed by atoms with Crippen LogP contribution < -0.4 is 5.32 Å². The summed E-state index contributed by atoms with van der Waals surface area (Å²) < 4.78 is 0. The highest BCUT2D eigenvalue weighted by Gasteiger charge is 2.26. The number of benzene rings is 1. The van der Waals surface area contributed by atoms with Gasteiger partial charge >= 0.3 is 0 Å². The normalized spacial score (nSPS) is 19.0. The molecular weight excluding hydrogens is 331 g/mol. The Kier molecular flexibility index (Phi) is 7.28. The van der Waals surface area contributed by atoms with E-state index in [9.17, 15) is 4.79 Å². The van der Waals surface area contributed by atoms with Crippen LogP contribution in [0.2, 0.25) is 10.0 Å². The summed E-state index contributed by atoms with van der Waals surface area (Å²) in [6.45, 7) is 3.82. The van der Waals surface area contributed by atoms with Crippen LogP contribution >= 0.6 is 35.6 Å². The fourth-order valence-corrected chi connectivity index (χ4v) is 3.09. The summed E-state index contributed by atoms with van der Waals surface area (Å²) in [4.78, 5) is 14.3. The van der Waals surface area contributed by atoms with Gasteiger partial charge in [-0.25, -0.2) is 0 Å². The molecule has 2 atom stereocenters. The van der Waals surface area contributed by atoms with Crippen LogP contribution in [0.3, 0.4) is 0 Å². The number of halogens is 3. The van der Waals surface area contributed by atoms with Gasteiger partial charge in [0.05, 0.1) is 0 Å². The van der Waals surface area contributed by atoms with Gasteiger partial charge < -0.3 is 10.2 Å². The zero-order valence-electron chi connectivity index (χ0n) is 12.2. The van der Waals surface area contributed by atoms with E-state index in [2.05, 4.69) is 5.32 Å². The molecule has 1 heterocycles. The minimum Gasteiger partial charge on any atom is -0.341 e. The molecule has 0 bridgehead atoms. The van der Waals surface area contributed by atoms with Crippen molar-refractivity contribution in [2.24, 2.45) is 5.92 Å². The molecule has 1 aromatic carbocycles. The van der Waals surface area contributed by atoms with E-state index in [1.807, 2.05) is 31.0 Å². The Bertz CT molecular complexity index is 490. The summed E-state index contributed by atoms with van der Waals surface area (Å²) in [5.41, 5.74) is 0.967. The lowest BCUT2D eigenvalue weighted by molar-refractivity contribution is -0.135. The Balaban J connectivity index is 0.00000220. The van der Waals surface area contributed by atoms with E-state index >= 15 is 0 Å². The molecule has 1 N–H and O–H groups in total. The van der Waals surface area contributed by atoms with Gasteiger partial charge in [-0.2, -0.15) is 0 Å². The van der Waals surface area contributed by atoms with Crippen molar-refractivity contribution in [1.29, 1.82) is 0 Å². The predicted octanol–water partition coefficient (Wildman–Crippen LogP) is 3.41. The molecule has 2 unspecified atom stereocenters. The number of nitrogens with one attached hydrogen (secondary N) is 1. The fourth-order valence-electron chi connectivity index (χ4n) is 2.60. The van der Waals surface area contributed by atoms with Gasteiger partial charge in [0, 0.05) is 35.6 Å². The van der Waals surface area contributed by atoms with Gasteiger partial charge in [-0.05, 0) is 37.1 Å². The summed E-state index contributed by atoms with van der Waals surface area (Å²) in [6, 6.07) is 5.74. The molecule has 3 nitrogen and oxygen atoms in total. The number of amides is 1. The number of nitrogens with zero attached hydrogens (tertiary/aromatic N) is 1. The SMILES string of the molecule is CC(Cc1ccc(Cl)cc1Cl)C(=O)N(C)C1CCNC1.Cl. The molecule has 1 aromatic rings. The third-order valence-corrected chi connectivity index (χ3v) is 4.48. The van der Waals surface area contributed by atoms with E-state index in [0.29, 0.717) is 22.5 Å². The molecule has 0 aliphatic carbocycles. The molecule has 2 rings (SSSR count). The lowest BCUT2D eigenvalue weighted by Crippen LogP contribution is -2.41. The topological polar surface area (TPSA) is 32.3 Å². The smallest absolute Gasteiger partial charge is 0.225 e. The molecule has 1 fully saturated rings. The summed E-state index contributed by atoms with van der Waals surface area (Å²) in [6.07, 6.45) is 1.66. The van der Waals surface area contributed by atoms with E-state index < -0.39 is 0 Å². The van der Waals surface area contributed by atoms with Crippen molar-refractivity contribution in [3.8, 4) is 0 Å². The van der Waals surface area contributed by atoms with E-state index in [-0.39, 0.29) is 24.2 Å². The Morgan fingerprint density at radius 2 is 2.19 bits per heavy atom. The lowest BCUT2D eigenvalue weighted by atomic mass is 9.99. The van der Waals surface area contributed by atoms with E-state index in [4.69, 9.17) is 23.2 Å². The molecule has 118 valence electrons. The van der Waals surface area contributed by atoms with Crippen LogP contribution in [0, 0.1) is 5.92 Å². The monoisotopic (exact) mass is 350 g/mol. The quantitative estimate of drug-likeness (QED) is 0.901. The number of carbonyl (C=O) groups excluding carboxylic acids is 1. The van der Waals surface area contributed by atoms with Gasteiger partial charge in [0.25, 0.3) is 0 Å². The van der Waals surface area contributed by atoms with Crippen LogP contribution in [-0.4, -0.2) is 37.0 Å². The molecule has 0 radical (unpaired) electrons. The first-order chi connectivity index (χ1) is 9.49. The van der Waals surface area contributed by atoms with Crippen LogP contribution in [0.1, 0.15) is 18.9 Å². The molecule has 0 aromatic heterocycles. The first kappa shape index (κ1) is 18.6. The molecule has 6 heteroatoms. The lowest BCUT2D eigenvalue weighted by Gasteiger charge is -2.27. The molecule has 1 saturated heterocycles. The zero-order chi connectivity index (χ0) is 14.7. The van der Waals surface area contributed by atoms with Crippen molar-refractivity contribution in [2.75, 3.05) is 20.1 Å². The van der Waals surface area contributed by atoms with Gasteiger partial charge in [-0.3, -0.25) is 4.79 Å². The summed E-state index contributed by atoms with van der Waals surface area (Å²) in [5, 5.41) is 4.53. The highest BCUT2D eigenvalue weighted by Crippen LogP contribution is 2.24. The maximum absolute atomic E-state index is 12.4. The Morgan fingerprint density at radius 3 is 2.76 bits per heavy atom. The van der Waals surface area contributed by atoms with Gasteiger partial charge in [0.15, 0.2) is 0 Å². The minimum absolute atomic E-state index is 0. The number of hydrogen-bond donors (Lipinski definition) is 1. The first-order valence-corrected chi connectivity index (χ1v) is 7.66. The third kappa shape index (κ3) is 4.75. The summed E-state index contributed by atoms with van der Waals surface area (Å²) in [7, 11) is 1.89. The number of likely N-dealkylation sites (N-methyl/N-ethyl adjacent to an activating group) is 1. The molecule has 1 aliphatic rings. The Morgan fingerprint density at radius 1 is 1.48 bits per heavy atom. The largest absolute Gasteiger partial charge is 0.341 e. The second-order valence-electron chi connectivity index (χ2n) is 5.44. The maximum Gasteiger partial charge on any atom is 0.225 e. The second kappa shape index (κ2) is 8.23. The van der Waals surface area contributed by atoms with Crippen LogP contribution in [0.4, 0.5) is 0 Å². The molecular formula is C15H21Cl3N2O. The first-order valence-electron chi connectivity index (χ1n) is 6.90. The second-order valence-corrected chi connectivity index (χ2v) is 6.28. The highest BCUT2D eigenvalue weighted by molar-refractivity contribution is 6.35. The minimum atomic E-state index is -0.0840. The number of rotatable bonds is 4. The van der Waals surface area contributed by atoms with Crippen molar-refractivity contribution < 1.29 is 4.79 Å². The van der Waals surface area contributed by atoms with Gasteiger partial charge in [0.2, 0.25) is 5.91 Å². The van der Waals surface area contributed by atoms with Crippen LogP contribution in [0.25, 0.3) is 0 Å². The van der Waals surface area contributed by atoms with Crippen molar-refractivity contribution in [1.82, 2.24) is 10.2 Å². The third-order valence-electron chi connectivity index (χ3n) is 3.89. The van der Waals surface area contributed by atoms with E-state index in [0.717, 1.165) is 25.1 Å². The standard InChI is InChI=1S/C15H20Cl2N2O.ClH/c1-10(7-11-3-4-12(16)8-14(11)17)15(20)19(2)13-5-6-18-9-13;/h3-4,8,10,13,18H,5-7,9H2,1-2H3;1H. The van der Waals surface area contributed by atoms with Gasteiger partial charge in [-0.1, -0.05) is 36.2 Å². The van der Waals surface area contributed by atoms with Crippen molar-refractivity contribution >= 4 is 41.5 Å². The van der Waals surface area contributed by atoms with Crippen molar-refractivity contribution in [2.45, 2.75) is 25.8 Å². The van der Waals surface area contributed by atoms with E-state index in [1.165, 1.54) is 0 Å². The van der Waals surface area contributed by atoms with Gasteiger partial charge in [0.1, 0.15) is 0 Å². The molecule has 0 saturated carbocycles. The van der Waals surface area contributed by atoms with Crippen LogP contribution in [-0.2, 0) is 11.2 Å². The average Bonchev–Trinajstić information content (AvgIpc) is 2.94. The van der Waals surface area contributed by atoms with Crippen LogP contribution in [0.5, 0.6) is 0 Å². The Hall–Kier alpha value is -0.480. The molecule has 21 heavy (non-hydrogen) atoms. The molecule has 1 amide bonds. The maximum atomic E-state index is 12.4.